The molecule has 0 heterocycles. The van der Waals surface area contributed by atoms with Crippen LogP contribution in [-0.2, 0) is 14.8 Å². The monoisotopic (exact) mass is 462 g/mol. The van der Waals surface area contributed by atoms with Crippen LogP contribution in [0.5, 0.6) is 0 Å². The molecule has 0 saturated heterocycles. The van der Waals surface area contributed by atoms with Gasteiger partial charge in [0.1, 0.15) is 0 Å². The van der Waals surface area contributed by atoms with Crippen molar-refractivity contribution in [2.24, 2.45) is 4.40 Å². The van der Waals surface area contributed by atoms with Crippen molar-refractivity contribution in [3.05, 3.63) is 55.0 Å². The maximum atomic E-state index is 12.3. The minimum absolute atomic E-state index is 0.0282. The molecule has 23 heavy (non-hydrogen) atoms. The molecule has 120 valence electrons. The van der Waals surface area contributed by atoms with Crippen LogP contribution in [0.25, 0.3) is 0 Å². The highest BCUT2D eigenvalue weighted by atomic mass is 79.9. The van der Waals surface area contributed by atoms with Crippen LogP contribution >= 0.6 is 31.9 Å². The predicted molar refractivity (Wildman–Crippen MR) is 91.4 cm³/mol. The fourth-order valence-electron chi connectivity index (χ4n) is 1.73. The van der Waals surface area contributed by atoms with Crippen molar-refractivity contribution in [1.29, 1.82) is 0 Å². The van der Waals surface area contributed by atoms with E-state index in [2.05, 4.69) is 36.3 Å². The number of halogens is 2. The van der Waals surface area contributed by atoms with E-state index in [0.717, 1.165) is 6.07 Å². The number of non-ortho nitro benzene ring substituents is 1. The molecule has 1 aliphatic carbocycles. The second-order valence-corrected chi connectivity index (χ2v) is 7.68. The summed E-state index contributed by atoms with van der Waals surface area (Å²) in [5, 5.41) is 10.8. The summed E-state index contributed by atoms with van der Waals surface area (Å²) in [6.45, 7) is 1.53. The van der Waals surface area contributed by atoms with E-state index in [1.807, 2.05) is 0 Å². The topological polar surface area (TPSA) is 107 Å². The Morgan fingerprint density at radius 3 is 2.48 bits per heavy atom. The number of carbonyl (C=O) groups excluding carboxylic acids is 1. The Morgan fingerprint density at radius 1 is 1.22 bits per heavy atom. The molecule has 0 spiro atoms. The zero-order valence-electron chi connectivity index (χ0n) is 11.5. The van der Waals surface area contributed by atoms with Crippen molar-refractivity contribution in [3.8, 4) is 0 Å². The molecular formula is C13H8Br2N2O5S. The maximum Gasteiger partial charge on any atom is 0.283 e. The van der Waals surface area contributed by atoms with Crippen molar-refractivity contribution in [1.82, 2.24) is 0 Å². The van der Waals surface area contributed by atoms with Crippen LogP contribution in [-0.4, -0.2) is 24.8 Å². The first-order valence-electron chi connectivity index (χ1n) is 6.01. The maximum absolute atomic E-state index is 12.3. The molecule has 0 amide bonds. The molecule has 0 atom stereocenters. The standard InChI is InChI=1S/C13H8Br2N2O5S/c1-7-5-10(11(14)12(15)13(7)18)16-23(21,22)9-4-2-3-8(6-9)17(19)20/h2-6H,1H3. The zero-order valence-corrected chi connectivity index (χ0v) is 15.5. The average molecular weight is 464 g/mol. The lowest BCUT2D eigenvalue weighted by molar-refractivity contribution is -0.385. The lowest BCUT2D eigenvalue weighted by Crippen LogP contribution is -2.14. The van der Waals surface area contributed by atoms with Gasteiger partial charge < -0.3 is 0 Å². The Balaban J connectivity index is 2.55. The molecule has 1 aromatic rings. The van der Waals surface area contributed by atoms with Gasteiger partial charge >= 0.3 is 0 Å². The normalized spacial score (nSPS) is 17.4. The number of allylic oxidation sites excluding steroid dienone is 4. The summed E-state index contributed by atoms with van der Waals surface area (Å²) in [5.74, 6) is -0.288. The molecule has 1 aromatic carbocycles. The smallest absolute Gasteiger partial charge is 0.283 e. The molecule has 0 aromatic heterocycles. The van der Waals surface area contributed by atoms with Crippen LogP contribution in [0.2, 0.25) is 0 Å². The largest absolute Gasteiger partial charge is 0.288 e. The number of rotatable bonds is 3. The number of nitrogens with zero attached hydrogens (tertiary/aromatic N) is 2. The van der Waals surface area contributed by atoms with Gasteiger partial charge in [-0.25, -0.2) is 0 Å². The van der Waals surface area contributed by atoms with Crippen LogP contribution in [0.1, 0.15) is 6.92 Å². The number of ketones is 1. The van der Waals surface area contributed by atoms with Crippen molar-refractivity contribution in [2.75, 3.05) is 0 Å². The van der Waals surface area contributed by atoms with E-state index in [-0.39, 0.29) is 31.0 Å². The number of hydrogen-bond donors (Lipinski definition) is 0. The molecular weight excluding hydrogens is 456 g/mol. The highest BCUT2D eigenvalue weighted by Crippen LogP contribution is 2.29. The van der Waals surface area contributed by atoms with Crippen molar-refractivity contribution >= 4 is 59.1 Å². The van der Waals surface area contributed by atoms with Crippen LogP contribution < -0.4 is 0 Å². The van der Waals surface area contributed by atoms with Gasteiger partial charge in [0.2, 0.25) is 0 Å². The summed E-state index contributed by atoms with van der Waals surface area (Å²) in [5.41, 5.74) is -0.0128. The van der Waals surface area contributed by atoms with Gasteiger partial charge in [-0.05, 0) is 56.5 Å². The summed E-state index contributed by atoms with van der Waals surface area (Å²) in [6, 6.07) is 4.58. The SMILES string of the molecule is CC1=CC(=NS(=O)(=O)c2cccc([N+](=O)[O-])c2)C(Br)=C(Br)C1=O. The zero-order chi connectivity index (χ0) is 17.4. The highest BCUT2D eigenvalue weighted by Gasteiger charge is 2.24. The summed E-state index contributed by atoms with van der Waals surface area (Å²) in [7, 11) is -4.17. The van der Waals surface area contributed by atoms with E-state index >= 15 is 0 Å². The summed E-state index contributed by atoms with van der Waals surface area (Å²) >= 11 is 6.19. The number of hydrogen-bond acceptors (Lipinski definition) is 5. The predicted octanol–water partition coefficient (Wildman–Crippen LogP) is 3.25. The third-order valence-corrected chi connectivity index (χ3v) is 6.25. The van der Waals surface area contributed by atoms with Gasteiger partial charge in [-0.3, -0.25) is 14.9 Å². The Hall–Kier alpha value is -1.65. The lowest BCUT2D eigenvalue weighted by atomic mass is 10.1. The Kier molecular flexibility index (Phi) is 4.97. The number of benzene rings is 1. The Bertz CT molecular complexity index is 916. The molecule has 0 radical (unpaired) electrons. The first-order valence-corrected chi connectivity index (χ1v) is 9.04. The van der Waals surface area contributed by atoms with Crippen molar-refractivity contribution < 1.29 is 18.1 Å². The molecule has 0 aliphatic heterocycles. The fourth-order valence-corrected chi connectivity index (χ4v) is 3.77. The molecule has 7 nitrogen and oxygen atoms in total. The number of nitro benzene ring substituents is 1. The van der Waals surface area contributed by atoms with Gasteiger partial charge in [0.05, 0.1) is 24.5 Å². The van der Waals surface area contributed by atoms with E-state index in [4.69, 9.17) is 0 Å². The molecule has 1 aliphatic rings. The van der Waals surface area contributed by atoms with Crippen LogP contribution in [0.15, 0.2) is 54.2 Å². The third kappa shape index (κ3) is 3.65. The molecule has 2 rings (SSSR count). The summed E-state index contributed by atoms with van der Waals surface area (Å²) in [6.07, 6.45) is 1.33. The van der Waals surface area contributed by atoms with E-state index in [0.29, 0.717) is 5.57 Å². The van der Waals surface area contributed by atoms with E-state index in [9.17, 15) is 23.3 Å². The number of carbonyl (C=O) groups is 1. The number of sulfonamides is 1. The van der Waals surface area contributed by atoms with Gasteiger partial charge in [0.25, 0.3) is 15.7 Å². The highest BCUT2D eigenvalue weighted by molar-refractivity contribution is 9.14. The Labute approximate surface area is 148 Å². The first-order chi connectivity index (χ1) is 10.6. The minimum atomic E-state index is -4.17. The van der Waals surface area contributed by atoms with Crippen LogP contribution in [0.4, 0.5) is 5.69 Å². The van der Waals surface area contributed by atoms with Gasteiger partial charge in [0, 0.05) is 12.1 Å². The van der Waals surface area contributed by atoms with E-state index in [1.54, 1.807) is 0 Å². The molecule has 0 fully saturated rings. The summed E-state index contributed by atoms with van der Waals surface area (Å²) in [4.78, 5) is 21.5. The van der Waals surface area contributed by atoms with Crippen molar-refractivity contribution in [3.63, 3.8) is 0 Å². The quantitative estimate of drug-likeness (QED) is 0.388. The van der Waals surface area contributed by atoms with Gasteiger partial charge in [-0.1, -0.05) is 6.07 Å². The van der Waals surface area contributed by atoms with Crippen LogP contribution in [0, 0.1) is 10.1 Å². The third-order valence-electron chi connectivity index (χ3n) is 2.87. The van der Waals surface area contributed by atoms with Crippen molar-refractivity contribution in [2.45, 2.75) is 11.8 Å². The van der Waals surface area contributed by atoms with Gasteiger partial charge in [-0.2, -0.15) is 12.8 Å². The minimum Gasteiger partial charge on any atom is -0.288 e. The van der Waals surface area contributed by atoms with E-state index in [1.165, 1.54) is 31.2 Å². The summed E-state index contributed by atoms with van der Waals surface area (Å²) < 4.78 is 28.7. The van der Waals surface area contributed by atoms with Gasteiger partial charge in [0.15, 0.2) is 5.78 Å². The van der Waals surface area contributed by atoms with E-state index < -0.39 is 14.9 Å². The number of nitro groups is 1. The van der Waals surface area contributed by atoms with Gasteiger partial charge in [-0.15, -0.1) is 0 Å². The average Bonchev–Trinajstić information content (AvgIpc) is 2.50. The lowest BCUT2D eigenvalue weighted by Gasteiger charge is -2.11. The molecule has 0 bridgehead atoms. The molecule has 10 heteroatoms. The Morgan fingerprint density at radius 2 is 1.87 bits per heavy atom. The molecule has 0 saturated carbocycles. The second-order valence-electron chi connectivity index (χ2n) is 4.49. The molecule has 0 N–H and O–H groups in total. The first kappa shape index (κ1) is 17.7. The number of Topliss-reactive ketones (excluding diaryl/α,β-unsaturated/α-hetero) is 1. The fraction of sp³-hybridized carbons (Fsp3) is 0.0769. The second kappa shape index (κ2) is 6.46. The molecule has 0 unspecified atom stereocenters. The van der Waals surface area contributed by atoms with Crippen LogP contribution in [0.3, 0.4) is 0 Å².